The molecule has 224 valence electrons. The van der Waals surface area contributed by atoms with E-state index in [1.807, 2.05) is 25.1 Å². The Morgan fingerprint density at radius 2 is 1.43 bits per heavy atom. The summed E-state index contributed by atoms with van der Waals surface area (Å²) in [6, 6.07) is 18.3. The zero-order valence-corrected chi connectivity index (χ0v) is 25.1. The molecule has 6 atom stereocenters. The van der Waals surface area contributed by atoms with Gasteiger partial charge in [0.1, 0.15) is 11.6 Å². The van der Waals surface area contributed by atoms with Gasteiger partial charge in [-0.3, -0.25) is 24.1 Å². The van der Waals surface area contributed by atoms with Crippen molar-refractivity contribution in [3.05, 3.63) is 101 Å². The van der Waals surface area contributed by atoms with Crippen LogP contribution in [0.1, 0.15) is 36.8 Å². The molecule has 10 heteroatoms. The quantitative estimate of drug-likeness (QED) is 0.221. The minimum absolute atomic E-state index is 0.0115. The van der Waals surface area contributed by atoms with Gasteiger partial charge in [-0.25, -0.2) is 9.29 Å². The summed E-state index contributed by atoms with van der Waals surface area (Å²) in [6.45, 7) is 2.02. The van der Waals surface area contributed by atoms with Crippen LogP contribution < -0.4 is 9.80 Å². The number of hydrogen-bond donors (Lipinski definition) is 1. The highest BCUT2D eigenvalue weighted by atomic mass is 35.5. The number of phenolic OH excluding ortho intramolecular Hbond substituents is 1. The molecule has 2 aliphatic carbocycles. The molecule has 0 aromatic heterocycles. The summed E-state index contributed by atoms with van der Waals surface area (Å²) in [7, 11) is 0. The van der Waals surface area contributed by atoms with Crippen LogP contribution in [-0.4, -0.2) is 38.5 Å². The van der Waals surface area contributed by atoms with Crippen LogP contribution in [0.15, 0.2) is 84.4 Å². The van der Waals surface area contributed by atoms with Gasteiger partial charge in [0.05, 0.1) is 23.2 Å². The number of benzene rings is 3. The van der Waals surface area contributed by atoms with Crippen LogP contribution in [0.5, 0.6) is 5.75 Å². The number of aromatic hydroxyl groups is 1. The number of imide groups is 2. The summed E-state index contributed by atoms with van der Waals surface area (Å²) in [5, 5.41) is 10.0. The van der Waals surface area contributed by atoms with Gasteiger partial charge in [-0.05, 0) is 84.8 Å². The first-order valence-corrected chi connectivity index (χ1v) is 15.2. The maximum absolute atomic E-state index is 14.3. The lowest BCUT2D eigenvalue weighted by Gasteiger charge is -2.50. The maximum atomic E-state index is 14.3. The van der Waals surface area contributed by atoms with Crippen molar-refractivity contribution in [1.29, 1.82) is 0 Å². The Kier molecular flexibility index (Phi) is 6.54. The third-order valence-electron chi connectivity index (χ3n) is 9.73. The molecule has 0 radical (unpaired) electrons. The van der Waals surface area contributed by atoms with Gasteiger partial charge in [0.25, 0.3) is 11.8 Å². The van der Waals surface area contributed by atoms with Crippen LogP contribution in [0.4, 0.5) is 15.8 Å². The van der Waals surface area contributed by atoms with Crippen LogP contribution in [-0.2, 0) is 25.6 Å². The fourth-order valence-electron chi connectivity index (χ4n) is 7.57. The number of nitrogens with zero attached hydrogens (tertiary/aromatic N) is 2. The third-order valence-corrected chi connectivity index (χ3v) is 11.1. The summed E-state index contributed by atoms with van der Waals surface area (Å²) < 4.78 is 13.8. The van der Waals surface area contributed by atoms with Crippen molar-refractivity contribution < 1.29 is 28.7 Å². The lowest BCUT2D eigenvalue weighted by molar-refractivity contribution is -0.125. The van der Waals surface area contributed by atoms with Crippen molar-refractivity contribution in [1.82, 2.24) is 0 Å². The van der Waals surface area contributed by atoms with Crippen molar-refractivity contribution in [3.63, 3.8) is 0 Å². The van der Waals surface area contributed by atoms with E-state index < -0.39 is 51.1 Å². The number of carbonyl (C=O) groups is 4. The molecule has 2 saturated heterocycles. The van der Waals surface area contributed by atoms with Gasteiger partial charge in [0.2, 0.25) is 11.8 Å². The first-order chi connectivity index (χ1) is 21.0. The molecule has 0 unspecified atom stereocenters. The summed E-state index contributed by atoms with van der Waals surface area (Å²) in [5.41, 5.74) is 2.82. The molecule has 44 heavy (non-hydrogen) atoms. The number of alkyl halides is 2. The number of amides is 4. The highest BCUT2D eigenvalue weighted by Gasteiger charge is 2.76. The van der Waals surface area contributed by atoms with Gasteiger partial charge in [0.15, 0.2) is 9.75 Å². The molecular formula is C34H27Cl2FN2O5. The molecule has 2 aliphatic heterocycles. The van der Waals surface area contributed by atoms with E-state index in [-0.39, 0.29) is 36.1 Å². The largest absolute Gasteiger partial charge is 0.508 e. The molecule has 1 N–H and O–H groups in total. The predicted molar refractivity (Wildman–Crippen MR) is 163 cm³/mol. The molecule has 4 amide bonds. The summed E-state index contributed by atoms with van der Waals surface area (Å²) in [6.07, 6.45) is 2.74. The van der Waals surface area contributed by atoms with E-state index in [0.29, 0.717) is 16.8 Å². The second-order valence-electron chi connectivity index (χ2n) is 11.9. The first-order valence-electron chi connectivity index (χ1n) is 14.5. The van der Waals surface area contributed by atoms with E-state index in [1.54, 1.807) is 24.3 Å². The highest BCUT2D eigenvalue weighted by molar-refractivity contribution is 6.58. The summed E-state index contributed by atoms with van der Waals surface area (Å²) in [5.74, 6) is -5.97. The Bertz CT molecular complexity index is 1760. The summed E-state index contributed by atoms with van der Waals surface area (Å²) >= 11 is 14.7. The van der Waals surface area contributed by atoms with Crippen LogP contribution in [0.3, 0.4) is 0 Å². The lowest BCUT2D eigenvalue weighted by atomic mass is 9.56. The fourth-order valence-corrected chi connectivity index (χ4v) is 8.51. The van der Waals surface area contributed by atoms with Crippen LogP contribution in [0.2, 0.25) is 0 Å². The maximum Gasteiger partial charge on any atom is 0.258 e. The van der Waals surface area contributed by atoms with Crippen LogP contribution >= 0.6 is 23.2 Å². The number of fused-ring (bicyclic) bond motifs is 4. The minimum Gasteiger partial charge on any atom is -0.508 e. The topological polar surface area (TPSA) is 95.0 Å². The standard InChI is InChI=1S/C34H27Cl2FN2O5/c1-2-18-3-9-21(10-4-18)38-29(41)25-16-15-24-26(27(25)30(38)42)17-33(35)31(43)39(22-11-7-20(37)8-12-22)32(44)34(33,36)28(24)19-5-13-23(40)14-6-19/h3-15,25-28,40H,2,16-17H2,1H3/t25-,26+,27-,28-,33+,34-/m0/s1. The van der Waals surface area contributed by atoms with Crippen molar-refractivity contribution in [2.24, 2.45) is 17.8 Å². The van der Waals surface area contributed by atoms with Crippen molar-refractivity contribution >= 4 is 58.2 Å². The third kappa shape index (κ3) is 3.80. The molecule has 2 heterocycles. The molecule has 3 aromatic carbocycles. The second kappa shape index (κ2) is 10.0. The number of anilines is 2. The number of halogens is 3. The molecule has 3 fully saturated rings. The van der Waals surface area contributed by atoms with Gasteiger partial charge < -0.3 is 5.11 Å². The normalized spacial score (nSPS) is 31.1. The average molecular weight is 634 g/mol. The SMILES string of the molecule is CCc1ccc(N2C(=O)[C@H]3[C@H](CC=C4[C@H]3C[C@@]3(Cl)C(=O)N(c5ccc(F)cc5)C(=O)[C@@]3(Cl)[C@H]4c3ccc(O)cc3)C2=O)cc1. The van der Waals surface area contributed by atoms with Crippen molar-refractivity contribution in [2.45, 2.75) is 41.9 Å². The van der Waals surface area contributed by atoms with Gasteiger partial charge >= 0.3 is 0 Å². The molecule has 7 rings (SSSR count). The van der Waals surface area contributed by atoms with E-state index >= 15 is 0 Å². The number of hydrogen-bond acceptors (Lipinski definition) is 5. The number of phenols is 1. The van der Waals surface area contributed by atoms with E-state index in [9.17, 15) is 28.7 Å². The molecule has 0 bridgehead atoms. The van der Waals surface area contributed by atoms with Crippen LogP contribution in [0, 0.1) is 23.6 Å². The molecule has 0 spiro atoms. The number of allylic oxidation sites excluding steroid dienone is 2. The van der Waals surface area contributed by atoms with Gasteiger partial charge in [-0.2, -0.15) is 0 Å². The molecule has 7 nitrogen and oxygen atoms in total. The van der Waals surface area contributed by atoms with Gasteiger partial charge in [-0.15, -0.1) is 23.2 Å². The Balaban J connectivity index is 1.37. The Hall–Kier alpha value is -4.01. The Morgan fingerprint density at radius 1 is 0.818 bits per heavy atom. The Labute approximate surface area is 262 Å². The second-order valence-corrected chi connectivity index (χ2v) is 13.1. The molecule has 1 saturated carbocycles. The molecule has 4 aliphatic rings. The van der Waals surface area contributed by atoms with E-state index in [2.05, 4.69) is 0 Å². The van der Waals surface area contributed by atoms with Gasteiger partial charge in [0, 0.05) is 5.92 Å². The highest BCUT2D eigenvalue weighted by Crippen LogP contribution is 2.65. The fraction of sp³-hybridized carbons (Fsp3) is 0.294. The number of aryl methyl sites for hydroxylation is 1. The van der Waals surface area contributed by atoms with Crippen molar-refractivity contribution in [3.8, 4) is 5.75 Å². The zero-order chi connectivity index (χ0) is 31.1. The van der Waals surface area contributed by atoms with E-state index in [1.165, 1.54) is 29.2 Å². The van der Waals surface area contributed by atoms with Gasteiger partial charge in [-0.1, -0.05) is 42.8 Å². The smallest absolute Gasteiger partial charge is 0.258 e. The monoisotopic (exact) mass is 632 g/mol. The number of rotatable bonds is 4. The predicted octanol–water partition coefficient (Wildman–Crippen LogP) is 5.86. The first kappa shape index (κ1) is 28.7. The van der Waals surface area contributed by atoms with E-state index in [0.717, 1.165) is 29.0 Å². The molecule has 3 aromatic rings. The lowest BCUT2D eigenvalue weighted by Crippen LogP contribution is -2.60. The minimum atomic E-state index is -2.02. The van der Waals surface area contributed by atoms with E-state index in [4.69, 9.17) is 23.2 Å². The molecular weight excluding hydrogens is 606 g/mol. The number of carbonyl (C=O) groups excluding carboxylic acids is 4. The average Bonchev–Trinajstić information content (AvgIpc) is 3.36. The van der Waals surface area contributed by atoms with Crippen molar-refractivity contribution in [2.75, 3.05) is 9.80 Å². The summed E-state index contributed by atoms with van der Waals surface area (Å²) in [4.78, 5) is 54.5. The zero-order valence-electron chi connectivity index (χ0n) is 23.5. The van der Waals surface area contributed by atoms with Crippen LogP contribution in [0.25, 0.3) is 0 Å². The Morgan fingerprint density at radius 3 is 2.07 bits per heavy atom.